The van der Waals surface area contributed by atoms with Gasteiger partial charge >= 0.3 is 0 Å². The lowest BCUT2D eigenvalue weighted by Crippen LogP contribution is -2.35. The van der Waals surface area contributed by atoms with Crippen LogP contribution in [0.15, 0.2) is 53.4 Å². The summed E-state index contributed by atoms with van der Waals surface area (Å²) in [6.45, 7) is 4.16. The van der Waals surface area contributed by atoms with E-state index in [0.29, 0.717) is 31.8 Å². The van der Waals surface area contributed by atoms with Crippen LogP contribution in [-0.2, 0) is 16.4 Å². The minimum Gasteiger partial charge on any atom is -0.494 e. The third-order valence-corrected chi connectivity index (χ3v) is 7.12. The first-order valence-corrected chi connectivity index (χ1v) is 12.1. The van der Waals surface area contributed by atoms with Crippen LogP contribution >= 0.6 is 0 Å². The van der Waals surface area contributed by atoms with Gasteiger partial charge in [-0.05, 0) is 62.4 Å². The number of hydrogen-bond donors (Lipinski definition) is 1. The summed E-state index contributed by atoms with van der Waals surface area (Å²) in [5.41, 5.74) is 1.48. The largest absolute Gasteiger partial charge is 0.494 e. The first-order chi connectivity index (χ1) is 14.5. The normalized spacial score (nSPS) is 15.0. The highest BCUT2D eigenvalue weighted by molar-refractivity contribution is 7.89. The van der Waals surface area contributed by atoms with Gasteiger partial charge in [-0.1, -0.05) is 30.7 Å². The molecule has 1 heterocycles. The number of para-hydroxylation sites is 1. The van der Waals surface area contributed by atoms with E-state index in [9.17, 15) is 13.2 Å². The van der Waals surface area contributed by atoms with Crippen molar-refractivity contribution in [1.29, 1.82) is 0 Å². The van der Waals surface area contributed by atoms with Crippen molar-refractivity contribution >= 4 is 15.9 Å². The SMILES string of the molecule is CCOc1ccccc1CCCNC(=O)c1cccc(S(=O)(=O)N2CCCCC2)c1. The van der Waals surface area contributed by atoms with Crippen LogP contribution in [0.25, 0.3) is 0 Å². The van der Waals surface area contributed by atoms with Crippen LogP contribution in [-0.4, -0.2) is 44.9 Å². The van der Waals surface area contributed by atoms with E-state index in [4.69, 9.17) is 4.74 Å². The Labute approximate surface area is 179 Å². The molecule has 2 aromatic rings. The van der Waals surface area contributed by atoms with Crippen molar-refractivity contribution in [3.05, 3.63) is 59.7 Å². The fourth-order valence-electron chi connectivity index (χ4n) is 3.64. The molecular formula is C23H30N2O4S. The van der Waals surface area contributed by atoms with Crippen molar-refractivity contribution in [3.63, 3.8) is 0 Å². The van der Waals surface area contributed by atoms with Crippen LogP contribution in [0.2, 0.25) is 0 Å². The molecule has 0 unspecified atom stereocenters. The highest BCUT2D eigenvalue weighted by Gasteiger charge is 2.26. The van der Waals surface area contributed by atoms with Crippen molar-refractivity contribution in [2.45, 2.75) is 43.9 Å². The molecule has 2 aromatic carbocycles. The molecule has 30 heavy (non-hydrogen) atoms. The number of carbonyl (C=O) groups excluding carboxylic acids is 1. The molecule has 1 fully saturated rings. The van der Waals surface area contributed by atoms with E-state index in [1.165, 1.54) is 10.4 Å². The highest BCUT2D eigenvalue weighted by atomic mass is 32.2. The van der Waals surface area contributed by atoms with E-state index in [-0.39, 0.29) is 10.8 Å². The lowest BCUT2D eigenvalue weighted by Gasteiger charge is -2.26. The van der Waals surface area contributed by atoms with Gasteiger partial charge in [0, 0.05) is 25.2 Å². The number of aryl methyl sites for hydroxylation is 1. The minimum atomic E-state index is -3.55. The monoisotopic (exact) mass is 430 g/mol. The van der Waals surface area contributed by atoms with Gasteiger partial charge in [-0.25, -0.2) is 8.42 Å². The second kappa shape index (κ2) is 10.6. The molecule has 162 valence electrons. The molecule has 1 N–H and O–H groups in total. The van der Waals surface area contributed by atoms with E-state index in [2.05, 4.69) is 5.32 Å². The van der Waals surface area contributed by atoms with Gasteiger partial charge in [-0.15, -0.1) is 0 Å². The molecule has 0 radical (unpaired) electrons. The minimum absolute atomic E-state index is 0.183. The molecular weight excluding hydrogens is 400 g/mol. The zero-order chi connectivity index (χ0) is 21.4. The number of ether oxygens (including phenoxy) is 1. The summed E-state index contributed by atoms with van der Waals surface area (Å²) < 4.78 is 32.8. The summed E-state index contributed by atoms with van der Waals surface area (Å²) in [4.78, 5) is 12.7. The van der Waals surface area contributed by atoms with Crippen molar-refractivity contribution in [2.75, 3.05) is 26.2 Å². The Morgan fingerprint density at radius 3 is 2.60 bits per heavy atom. The molecule has 1 amide bonds. The summed E-state index contributed by atoms with van der Waals surface area (Å²) in [7, 11) is -3.55. The smallest absolute Gasteiger partial charge is 0.251 e. The second-order valence-electron chi connectivity index (χ2n) is 7.39. The van der Waals surface area contributed by atoms with E-state index in [1.807, 2.05) is 31.2 Å². The van der Waals surface area contributed by atoms with Gasteiger partial charge in [-0.2, -0.15) is 4.31 Å². The average molecular weight is 431 g/mol. The molecule has 7 heteroatoms. The lowest BCUT2D eigenvalue weighted by atomic mass is 10.1. The van der Waals surface area contributed by atoms with Crippen LogP contribution in [0, 0.1) is 0 Å². The highest BCUT2D eigenvalue weighted by Crippen LogP contribution is 2.22. The Morgan fingerprint density at radius 1 is 1.07 bits per heavy atom. The molecule has 6 nitrogen and oxygen atoms in total. The van der Waals surface area contributed by atoms with Gasteiger partial charge < -0.3 is 10.1 Å². The van der Waals surface area contributed by atoms with Gasteiger partial charge in [-0.3, -0.25) is 4.79 Å². The predicted octanol–water partition coefficient (Wildman–Crippen LogP) is 3.62. The number of rotatable bonds is 9. The van der Waals surface area contributed by atoms with Crippen molar-refractivity contribution in [3.8, 4) is 5.75 Å². The Kier molecular flexibility index (Phi) is 7.87. The zero-order valence-corrected chi connectivity index (χ0v) is 18.3. The van der Waals surface area contributed by atoms with E-state index >= 15 is 0 Å². The van der Waals surface area contributed by atoms with Crippen LogP contribution < -0.4 is 10.1 Å². The Balaban J connectivity index is 1.57. The van der Waals surface area contributed by atoms with Crippen LogP contribution in [0.1, 0.15) is 48.5 Å². The van der Waals surface area contributed by atoms with Gasteiger partial charge in [0.2, 0.25) is 10.0 Å². The third kappa shape index (κ3) is 5.61. The maximum absolute atomic E-state index is 12.8. The molecule has 0 saturated carbocycles. The fraction of sp³-hybridized carbons (Fsp3) is 0.435. The quantitative estimate of drug-likeness (QED) is 0.617. The number of amides is 1. The molecule has 0 aliphatic carbocycles. The first-order valence-electron chi connectivity index (χ1n) is 10.6. The maximum atomic E-state index is 12.8. The molecule has 0 aromatic heterocycles. The van der Waals surface area contributed by atoms with Gasteiger partial charge in [0.05, 0.1) is 11.5 Å². The van der Waals surface area contributed by atoms with Gasteiger partial charge in [0.15, 0.2) is 0 Å². The van der Waals surface area contributed by atoms with E-state index in [0.717, 1.165) is 43.4 Å². The van der Waals surface area contributed by atoms with Crippen molar-refractivity contribution in [1.82, 2.24) is 9.62 Å². The number of sulfonamides is 1. The topological polar surface area (TPSA) is 75.7 Å². The Bertz CT molecular complexity index is 953. The average Bonchev–Trinajstić information content (AvgIpc) is 2.78. The van der Waals surface area contributed by atoms with Crippen molar-refractivity contribution in [2.24, 2.45) is 0 Å². The molecule has 0 bridgehead atoms. The maximum Gasteiger partial charge on any atom is 0.251 e. The number of nitrogens with zero attached hydrogens (tertiary/aromatic N) is 1. The Morgan fingerprint density at radius 2 is 1.83 bits per heavy atom. The fourth-order valence-corrected chi connectivity index (χ4v) is 5.21. The van der Waals surface area contributed by atoms with Crippen LogP contribution in [0.4, 0.5) is 0 Å². The third-order valence-electron chi connectivity index (χ3n) is 5.23. The summed E-state index contributed by atoms with van der Waals surface area (Å²) in [6.07, 6.45) is 4.38. The Hall–Kier alpha value is -2.38. The summed E-state index contributed by atoms with van der Waals surface area (Å²) in [5.74, 6) is 0.616. The summed E-state index contributed by atoms with van der Waals surface area (Å²) >= 11 is 0. The zero-order valence-electron chi connectivity index (χ0n) is 17.5. The number of piperidine rings is 1. The van der Waals surface area contributed by atoms with Crippen LogP contribution in [0.5, 0.6) is 5.75 Å². The molecule has 3 rings (SSSR count). The number of benzene rings is 2. The molecule has 0 atom stereocenters. The summed E-state index contributed by atoms with van der Waals surface area (Å²) in [5, 5.41) is 2.89. The summed E-state index contributed by atoms with van der Waals surface area (Å²) in [6, 6.07) is 14.2. The predicted molar refractivity (Wildman–Crippen MR) is 117 cm³/mol. The molecule has 1 aliphatic heterocycles. The molecule has 0 spiro atoms. The number of nitrogens with one attached hydrogen (secondary N) is 1. The van der Waals surface area contributed by atoms with Gasteiger partial charge in [0.25, 0.3) is 5.91 Å². The van der Waals surface area contributed by atoms with Gasteiger partial charge in [0.1, 0.15) is 5.75 Å². The molecule has 1 aliphatic rings. The van der Waals surface area contributed by atoms with E-state index < -0.39 is 10.0 Å². The molecule has 1 saturated heterocycles. The lowest BCUT2D eigenvalue weighted by molar-refractivity contribution is 0.0953. The standard InChI is InChI=1S/C23H30N2O4S/c1-2-29-22-14-5-4-10-19(22)12-9-15-24-23(26)20-11-8-13-21(18-20)30(27,28)25-16-6-3-7-17-25/h4-5,8,10-11,13-14,18H,2-3,6-7,9,12,15-17H2,1H3,(H,24,26). The van der Waals surface area contributed by atoms with Crippen molar-refractivity contribution < 1.29 is 17.9 Å². The number of carbonyl (C=O) groups is 1. The van der Waals surface area contributed by atoms with E-state index in [1.54, 1.807) is 18.2 Å². The second-order valence-corrected chi connectivity index (χ2v) is 9.33. The first kappa shape index (κ1) is 22.3. The van der Waals surface area contributed by atoms with Crippen LogP contribution in [0.3, 0.4) is 0 Å². The number of hydrogen-bond acceptors (Lipinski definition) is 4.